The van der Waals surface area contributed by atoms with Gasteiger partial charge in [-0.05, 0) is 42.0 Å². The predicted molar refractivity (Wildman–Crippen MR) is 89.5 cm³/mol. The molecule has 0 saturated heterocycles. The van der Waals surface area contributed by atoms with Gasteiger partial charge in [0, 0.05) is 6.54 Å². The van der Waals surface area contributed by atoms with Gasteiger partial charge in [-0.25, -0.2) is 4.98 Å². The summed E-state index contributed by atoms with van der Waals surface area (Å²) in [6, 6.07) is 23.2. The number of benzene rings is 2. The fourth-order valence-electron chi connectivity index (χ4n) is 2.04. The molecule has 4 heteroatoms. The van der Waals surface area contributed by atoms with Gasteiger partial charge in [0.2, 0.25) is 0 Å². The highest BCUT2D eigenvalue weighted by atomic mass is 35.5. The zero-order chi connectivity index (χ0) is 15.2. The zero-order valence-electron chi connectivity index (χ0n) is 11.9. The number of rotatable bonds is 5. The van der Waals surface area contributed by atoms with E-state index < -0.39 is 0 Å². The van der Waals surface area contributed by atoms with Crippen molar-refractivity contribution in [3.63, 3.8) is 0 Å². The predicted octanol–water partition coefficient (Wildman–Crippen LogP) is 5.14. The van der Waals surface area contributed by atoms with Gasteiger partial charge < -0.3 is 10.1 Å². The Morgan fingerprint density at radius 3 is 2.45 bits per heavy atom. The maximum absolute atomic E-state index is 5.87. The molecule has 0 spiro atoms. The molecule has 110 valence electrons. The first-order chi connectivity index (χ1) is 10.8. The molecular weight excluding hydrogens is 296 g/mol. The zero-order valence-corrected chi connectivity index (χ0v) is 12.6. The van der Waals surface area contributed by atoms with Crippen molar-refractivity contribution in [2.75, 3.05) is 5.32 Å². The van der Waals surface area contributed by atoms with E-state index in [9.17, 15) is 0 Å². The summed E-state index contributed by atoms with van der Waals surface area (Å²) in [6.45, 7) is 0.652. The second kappa shape index (κ2) is 6.96. The molecule has 22 heavy (non-hydrogen) atoms. The van der Waals surface area contributed by atoms with E-state index in [0.717, 1.165) is 22.9 Å². The summed E-state index contributed by atoms with van der Waals surface area (Å²) < 4.78 is 5.83. The molecule has 0 bridgehead atoms. The van der Waals surface area contributed by atoms with E-state index in [2.05, 4.69) is 10.3 Å². The minimum absolute atomic E-state index is 0.478. The van der Waals surface area contributed by atoms with Crippen LogP contribution in [0.25, 0.3) is 0 Å². The van der Waals surface area contributed by atoms with Crippen LogP contribution in [0.2, 0.25) is 5.15 Å². The van der Waals surface area contributed by atoms with Crippen molar-refractivity contribution in [2.24, 2.45) is 0 Å². The van der Waals surface area contributed by atoms with Crippen LogP contribution in [0.1, 0.15) is 5.56 Å². The van der Waals surface area contributed by atoms with Crippen LogP contribution in [0.5, 0.6) is 11.5 Å². The van der Waals surface area contributed by atoms with Crippen LogP contribution in [-0.2, 0) is 6.54 Å². The van der Waals surface area contributed by atoms with Crippen molar-refractivity contribution in [1.82, 2.24) is 4.98 Å². The number of aromatic nitrogens is 1. The Kier molecular flexibility index (Phi) is 4.56. The van der Waals surface area contributed by atoms with E-state index in [1.807, 2.05) is 66.7 Å². The lowest BCUT2D eigenvalue weighted by atomic mass is 10.2. The molecule has 1 heterocycles. The highest BCUT2D eigenvalue weighted by Gasteiger charge is 2.00. The molecule has 2 aromatic carbocycles. The van der Waals surface area contributed by atoms with Crippen LogP contribution in [0, 0.1) is 0 Å². The molecule has 3 aromatic rings. The van der Waals surface area contributed by atoms with Gasteiger partial charge >= 0.3 is 0 Å². The maximum atomic E-state index is 5.87. The molecule has 0 unspecified atom stereocenters. The van der Waals surface area contributed by atoms with E-state index in [0.29, 0.717) is 11.7 Å². The number of hydrogen-bond acceptors (Lipinski definition) is 3. The van der Waals surface area contributed by atoms with Crippen molar-refractivity contribution in [2.45, 2.75) is 6.54 Å². The van der Waals surface area contributed by atoms with Gasteiger partial charge in [-0.2, -0.15) is 0 Å². The minimum Gasteiger partial charge on any atom is -0.457 e. The Morgan fingerprint density at radius 2 is 1.64 bits per heavy atom. The van der Waals surface area contributed by atoms with Crippen molar-refractivity contribution in [3.8, 4) is 11.5 Å². The van der Waals surface area contributed by atoms with Crippen LogP contribution >= 0.6 is 11.6 Å². The SMILES string of the molecule is Clc1cccc(NCc2cccc(Oc3ccccc3)c2)n1. The summed E-state index contributed by atoms with van der Waals surface area (Å²) in [5.74, 6) is 2.38. The van der Waals surface area contributed by atoms with Gasteiger partial charge in [0.05, 0.1) is 0 Å². The third kappa shape index (κ3) is 3.99. The van der Waals surface area contributed by atoms with E-state index in [4.69, 9.17) is 16.3 Å². The van der Waals surface area contributed by atoms with Crippen LogP contribution in [0.3, 0.4) is 0 Å². The molecule has 0 aliphatic heterocycles. The second-order valence-electron chi connectivity index (χ2n) is 4.76. The molecule has 1 N–H and O–H groups in total. The lowest BCUT2D eigenvalue weighted by Gasteiger charge is -2.09. The third-order valence-corrected chi connectivity index (χ3v) is 3.28. The van der Waals surface area contributed by atoms with E-state index in [1.54, 1.807) is 6.07 Å². The molecule has 0 radical (unpaired) electrons. The molecule has 0 aliphatic rings. The van der Waals surface area contributed by atoms with Crippen LogP contribution < -0.4 is 10.1 Å². The van der Waals surface area contributed by atoms with Gasteiger partial charge in [-0.15, -0.1) is 0 Å². The third-order valence-electron chi connectivity index (χ3n) is 3.07. The summed E-state index contributed by atoms with van der Waals surface area (Å²) in [5, 5.41) is 3.72. The molecule has 3 nitrogen and oxygen atoms in total. The molecular formula is C18H15ClN2O. The Morgan fingerprint density at radius 1 is 0.864 bits per heavy atom. The number of nitrogens with one attached hydrogen (secondary N) is 1. The Labute approximate surface area is 134 Å². The van der Waals surface area contributed by atoms with Crippen molar-refractivity contribution < 1.29 is 4.74 Å². The van der Waals surface area contributed by atoms with Crippen LogP contribution in [0.15, 0.2) is 72.8 Å². The fourth-order valence-corrected chi connectivity index (χ4v) is 2.21. The normalized spacial score (nSPS) is 10.2. The van der Waals surface area contributed by atoms with E-state index in [1.165, 1.54) is 0 Å². The first kappa shape index (κ1) is 14.4. The number of halogens is 1. The summed E-state index contributed by atoms with van der Waals surface area (Å²) in [5.41, 5.74) is 1.11. The van der Waals surface area contributed by atoms with E-state index in [-0.39, 0.29) is 0 Å². The summed E-state index contributed by atoms with van der Waals surface area (Å²) in [7, 11) is 0. The molecule has 0 saturated carbocycles. The van der Waals surface area contributed by atoms with Gasteiger partial charge in [0.15, 0.2) is 0 Å². The van der Waals surface area contributed by atoms with Crippen LogP contribution in [-0.4, -0.2) is 4.98 Å². The average molecular weight is 311 g/mol. The Bertz CT molecular complexity index is 747. The van der Waals surface area contributed by atoms with Gasteiger partial charge in [0.25, 0.3) is 0 Å². The largest absolute Gasteiger partial charge is 0.457 e. The summed E-state index contributed by atoms with van der Waals surface area (Å²) >= 11 is 5.87. The number of pyridine rings is 1. The first-order valence-corrected chi connectivity index (χ1v) is 7.36. The van der Waals surface area contributed by atoms with Gasteiger partial charge in [0.1, 0.15) is 22.5 Å². The number of hydrogen-bond donors (Lipinski definition) is 1. The lowest BCUT2D eigenvalue weighted by Crippen LogP contribution is -2.01. The van der Waals surface area contributed by atoms with Gasteiger partial charge in [-0.1, -0.05) is 48.0 Å². The number of nitrogens with zero attached hydrogens (tertiary/aromatic N) is 1. The topological polar surface area (TPSA) is 34.1 Å². The molecule has 1 aromatic heterocycles. The molecule has 0 amide bonds. The van der Waals surface area contributed by atoms with Gasteiger partial charge in [-0.3, -0.25) is 0 Å². The Balaban J connectivity index is 1.66. The lowest BCUT2D eigenvalue weighted by molar-refractivity contribution is 0.482. The summed E-state index contributed by atoms with van der Waals surface area (Å²) in [6.07, 6.45) is 0. The monoisotopic (exact) mass is 310 g/mol. The number of para-hydroxylation sites is 1. The van der Waals surface area contributed by atoms with Crippen molar-refractivity contribution in [3.05, 3.63) is 83.5 Å². The Hall–Kier alpha value is -2.52. The quantitative estimate of drug-likeness (QED) is 0.663. The van der Waals surface area contributed by atoms with E-state index >= 15 is 0 Å². The number of anilines is 1. The van der Waals surface area contributed by atoms with Crippen molar-refractivity contribution >= 4 is 17.4 Å². The average Bonchev–Trinajstić information content (AvgIpc) is 2.54. The second-order valence-corrected chi connectivity index (χ2v) is 5.15. The molecule has 3 rings (SSSR count). The standard InChI is InChI=1S/C18H15ClN2O/c19-17-10-5-11-18(21-17)20-13-14-6-4-9-16(12-14)22-15-7-2-1-3-8-15/h1-12H,13H2,(H,20,21). The van der Waals surface area contributed by atoms with Crippen LogP contribution in [0.4, 0.5) is 5.82 Å². The maximum Gasteiger partial charge on any atom is 0.131 e. The molecule has 0 fully saturated rings. The highest BCUT2D eigenvalue weighted by Crippen LogP contribution is 2.22. The first-order valence-electron chi connectivity index (χ1n) is 6.98. The van der Waals surface area contributed by atoms with Crippen molar-refractivity contribution in [1.29, 1.82) is 0 Å². The smallest absolute Gasteiger partial charge is 0.131 e. The highest BCUT2D eigenvalue weighted by molar-refractivity contribution is 6.29. The summed E-state index contributed by atoms with van der Waals surface area (Å²) in [4.78, 5) is 4.20. The fraction of sp³-hybridized carbons (Fsp3) is 0.0556. The number of ether oxygens (including phenoxy) is 1. The molecule has 0 aliphatic carbocycles. The minimum atomic E-state index is 0.478. The molecule has 0 atom stereocenters.